The molecule has 0 radical (unpaired) electrons. The highest BCUT2D eigenvalue weighted by molar-refractivity contribution is 6.33. The Labute approximate surface area is 204 Å². The molecule has 1 unspecified atom stereocenters. The summed E-state index contributed by atoms with van der Waals surface area (Å²) in [5, 5.41) is 3.45. The average molecular weight is 482 g/mol. The van der Waals surface area contributed by atoms with Crippen LogP contribution in [-0.4, -0.2) is 65.0 Å². The Morgan fingerprint density at radius 3 is 2.26 bits per heavy atom. The van der Waals surface area contributed by atoms with Crippen LogP contribution in [0, 0.1) is 6.92 Å². The molecule has 3 fully saturated rings. The summed E-state index contributed by atoms with van der Waals surface area (Å²) in [7, 11) is 0. The molecule has 0 bridgehead atoms. The predicted molar refractivity (Wildman–Crippen MR) is 128 cm³/mol. The Morgan fingerprint density at radius 2 is 1.62 bits per heavy atom. The van der Waals surface area contributed by atoms with Crippen LogP contribution in [0.15, 0.2) is 48.5 Å². The van der Waals surface area contributed by atoms with E-state index in [2.05, 4.69) is 5.32 Å². The number of ether oxygens (including phenoxy) is 1. The Bertz CT molecular complexity index is 1120. The van der Waals surface area contributed by atoms with Crippen molar-refractivity contribution in [2.75, 3.05) is 19.7 Å². The summed E-state index contributed by atoms with van der Waals surface area (Å²) in [6.45, 7) is 2.84. The van der Waals surface area contributed by atoms with Gasteiger partial charge in [-0.2, -0.15) is 0 Å². The predicted octanol–water partition coefficient (Wildman–Crippen LogP) is 3.40. The molecule has 2 heterocycles. The fourth-order valence-corrected chi connectivity index (χ4v) is 5.12. The van der Waals surface area contributed by atoms with Gasteiger partial charge in [-0.15, -0.1) is 0 Å². The van der Waals surface area contributed by atoms with Gasteiger partial charge in [0, 0.05) is 37.5 Å². The van der Waals surface area contributed by atoms with Gasteiger partial charge in [-0.25, -0.2) is 0 Å². The molecule has 2 aliphatic heterocycles. The molecule has 0 aromatic heterocycles. The second-order valence-corrected chi connectivity index (χ2v) is 9.73. The number of piperidine rings is 1. The van der Waals surface area contributed by atoms with E-state index in [-0.39, 0.29) is 30.4 Å². The number of benzene rings is 2. The maximum atomic E-state index is 13.8. The Hall–Kier alpha value is -2.90. The van der Waals surface area contributed by atoms with Crippen molar-refractivity contribution in [2.24, 2.45) is 0 Å². The van der Waals surface area contributed by atoms with E-state index in [0.717, 1.165) is 18.4 Å². The molecule has 7 nitrogen and oxygen atoms in total. The second-order valence-electron chi connectivity index (χ2n) is 9.32. The molecule has 3 aliphatic rings. The van der Waals surface area contributed by atoms with E-state index in [9.17, 15) is 14.4 Å². The van der Waals surface area contributed by atoms with Crippen molar-refractivity contribution >= 4 is 29.3 Å². The summed E-state index contributed by atoms with van der Waals surface area (Å²) in [6, 6.07) is 13.9. The van der Waals surface area contributed by atoms with Gasteiger partial charge in [0.1, 0.15) is 11.8 Å². The van der Waals surface area contributed by atoms with Crippen molar-refractivity contribution in [1.82, 2.24) is 15.1 Å². The van der Waals surface area contributed by atoms with Gasteiger partial charge in [-0.1, -0.05) is 41.9 Å². The number of nitrogens with zero attached hydrogens (tertiary/aromatic N) is 2. The van der Waals surface area contributed by atoms with Crippen molar-refractivity contribution in [3.63, 3.8) is 0 Å². The summed E-state index contributed by atoms with van der Waals surface area (Å²) < 4.78 is 6.25. The molecule has 1 N–H and O–H groups in total. The first-order chi connectivity index (χ1) is 16.4. The van der Waals surface area contributed by atoms with Crippen LogP contribution in [0.1, 0.15) is 52.0 Å². The smallest absolute Gasteiger partial charge is 0.257 e. The Morgan fingerprint density at radius 1 is 0.971 bits per heavy atom. The van der Waals surface area contributed by atoms with Crippen molar-refractivity contribution in [2.45, 2.75) is 50.4 Å². The van der Waals surface area contributed by atoms with Gasteiger partial charge in [0.05, 0.1) is 17.2 Å². The summed E-state index contributed by atoms with van der Waals surface area (Å²) in [5.41, 5.74) is 0.942. The minimum Gasteiger partial charge on any atom is -0.353 e. The number of nitrogens with one attached hydrogen (secondary N) is 1. The molecule has 178 valence electrons. The normalized spacial score (nSPS) is 21.5. The van der Waals surface area contributed by atoms with E-state index in [4.69, 9.17) is 16.3 Å². The van der Waals surface area contributed by atoms with Crippen LogP contribution in [0.3, 0.4) is 0 Å². The van der Waals surface area contributed by atoms with Crippen LogP contribution in [0.25, 0.3) is 0 Å². The lowest BCUT2D eigenvalue weighted by atomic mass is 9.95. The number of carbonyl (C=O) groups excluding carboxylic acids is 3. The zero-order valence-electron chi connectivity index (χ0n) is 19.1. The molecule has 1 saturated carbocycles. The number of halogens is 1. The van der Waals surface area contributed by atoms with Gasteiger partial charge in [0.15, 0.2) is 0 Å². The zero-order chi connectivity index (χ0) is 23.9. The number of hydrogen-bond acceptors (Lipinski definition) is 4. The monoisotopic (exact) mass is 481 g/mol. The van der Waals surface area contributed by atoms with Gasteiger partial charge in [0.2, 0.25) is 5.91 Å². The molecule has 1 aliphatic carbocycles. The van der Waals surface area contributed by atoms with Gasteiger partial charge in [-0.3, -0.25) is 19.3 Å². The van der Waals surface area contributed by atoms with Crippen molar-refractivity contribution in [1.29, 1.82) is 0 Å². The molecule has 2 saturated heterocycles. The number of aryl methyl sites for hydroxylation is 1. The van der Waals surface area contributed by atoms with Crippen LogP contribution in [0.2, 0.25) is 5.02 Å². The van der Waals surface area contributed by atoms with E-state index in [1.807, 2.05) is 25.1 Å². The third-order valence-electron chi connectivity index (χ3n) is 7.02. The maximum Gasteiger partial charge on any atom is 0.257 e. The molecule has 1 spiro atoms. The first-order valence-electron chi connectivity index (χ1n) is 11.8. The highest BCUT2D eigenvalue weighted by atomic mass is 35.5. The minimum atomic E-state index is -0.928. The molecule has 2 aromatic rings. The largest absolute Gasteiger partial charge is 0.353 e. The number of carbonyl (C=O) groups is 3. The Kier molecular flexibility index (Phi) is 6.08. The second kappa shape index (κ2) is 9.04. The quantitative estimate of drug-likeness (QED) is 0.726. The van der Waals surface area contributed by atoms with E-state index in [1.54, 1.807) is 40.1 Å². The molecular formula is C26H28ClN3O4. The lowest BCUT2D eigenvalue weighted by molar-refractivity contribution is -0.128. The highest BCUT2D eigenvalue weighted by Crippen LogP contribution is 2.39. The van der Waals surface area contributed by atoms with E-state index < -0.39 is 11.8 Å². The highest BCUT2D eigenvalue weighted by Gasteiger charge is 2.54. The van der Waals surface area contributed by atoms with Crippen LogP contribution in [0.4, 0.5) is 0 Å². The van der Waals surface area contributed by atoms with Crippen molar-refractivity contribution in [3.8, 4) is 0 Å². The number of likely N-dealkylation sites (tertiary alicyclic amines) is 1. The van der Waals surface area contributed by atoms with Crippen LogP contribution < -0.4 is 5.32 Å². The van der Waals surface area contributed by atoms with E-state index in [0.29, 0.717) is 42.1 Å². The number of amides is 3. The van der Waals surface area contributed by atoms with Gasteiger partial charge < -0.3 is 15.0 Å². The van der Waals surface area contributed by atoms with Gasteiger partial charge >= 0.3 is 0 Å². The number of rotatable bonds is 4. The lowest BCUT2D eigenvalue weighted by Gasteiger charge is -2.44. The minimum absolute atomic E-state index is 0.141. The van der Waals surface area contributed by atoms with Crippen LogP contribution >= 0.6 is 11.6 Å². The molecule has 3 amide bonds. The van der Waals surface area contributed by atoms with Gasteiger partial charge in [0.25, 0.3) is 11.8 Å². The summed E-state index contributed by atoms with van der Waals surface area (Å²) in [5.74, 6) is -0.522. The molecule has 34 heavy (non-hydrogen) atoms. The third kappa shape index (κ3) is 4.18. The van der Waals surface area contributed by atoms with Crippen molar-refractivity contribution in [3.05, 3.63) is 70.2 Å². The molecular weight excluding hydrogens is 454 g/mol. The molecule has 5 rings (SSSR count). The SMILES string of the molecule is Cc1ccccc1C(=O)N1C(C(=O)NC2CC2)COC12CCN(C(=O)c1ccccc1Cl)CC2. The maximum absolute atomic E-state index is 13.8. The standard InChI is InChI=1S/C26H28ClN3O4/c1-17-6-2-3-7-19(17)25(33)30-22(23(31)28-18-10-11-18)16-34-26(30)12-14-29(15-13-26)24(32)20-8-4-5-9-21(20)27/h2-9,18,22H,10-16H2,1H3,(H,28,31). The third-order valence-corrected chi connectivity index (χ3v) is 7.35. The molecule has 8 heteroatoms. The zero-order valence-corrected chi connectivity index (χ0v) is 19.9. The topological polar surface area (TPSA) is 79.0 Å². The fourth-order valence-electron chi connectivity index (χ4n) is 4.90. The summed E-state index contributed by atoms with van der Waals surface area (Å²) in [6.07, 6.45) is 2.78. The summed E-state index contributed by atoms with van der Waals surface area (Å²) >= 11 is 6.24. The molecule has 1 atom stereocenters. The van der Waals surface area contributed by atoms with E-state index >= 15 is 0 Å². The van der Waals surface area contributed by atoms with E-state index in [1.165, 1.54) is 0 Å². The average Bonchev–Trinajstić information content (AvgIpc) is 3.58. The first-order valence-corrected chi connectivity index (χ1v) is 12.1. The van der Waals surface area contributed by atoms with Crippen LogP contribution in [-0.2, 0) is 9.53 Å². The lowest BCUT2D eigenvalue weighted by Crippen LogP contribution is -2.60. The number of hydrogen-bond donors (Lipinski definition) is 1. The summed E-state index contributed by atoms with van der Waals surface area (Å²) in [4.78, 5) is 43.3. The van der Waals surface area contributed by atoms with Crippen molar-refractivity contribution < 1.29 is 19.1 Å². The van der Waals surface area contributed by atoms with Crippen LogP contribution in [0.5, 0.6) is 0 Å². The fraction of sp³-hybridized carbons (Fsp3) is 0.423. The molecule has 2 aromatic carbocycles. The Balaban J connectivity index is 1.40. The van der Waals surface area contributed by atoms with Gasteiger partial charge in [-0.05, 0) is 43.5 Å². The first kappa shape index (κ1) is 22.9.